The third-order valence-corrected chi connectivity index (χ3v) is 5.65. The second-order valence-electron chi connectivity index (χ2n) is 6.81. The Bertz CT molecular complexity index is 1270. The highest BCUT2D eigenvalue weighted by atomic mass is 31.2. The van der Waals surface area contributed by atoms with Crippen LogP contribution in [0.15, 0.2) is 79.3 Å². The third-order valence-electron chi connectivity index (χ3n) is 4.68. The van der Waals surface area contributed by atoms with Crippen LogP contribution < -0.4 is 10.6 Å². The van der Waals surface area contributed by atoms with Crippen LogP contribution in [-0.2, 0) is 4.57 Å². The summed E-state index contributed by atoms with van der Waals surface area (Å²) in [6, 6.07) is 15.8. The molecule has 1 amide bonds. The number of amides is 1. The van der Waals surface area contributed by atoms with Crippen LogP contribution in [0.1, 0.15) is 27.5 Å². The van der Waals surface area contributed by atoms with Gasteiger partial charge < -0.3 is 20.2 Å². The predicted molar refractivity (Wildman–Crippen MR) is 115 cm³/mol. The molecule has 11 heteroatoms. The number of carbonyl (C=O) groups excluding carboxylic acids is 1. The molecule has 0 aliphatic rings. The van der Waals surface area contributed by atoms with E-state index in [-0.39, 0.29) is 16.8 Å². The van der Waals surface area contributed by atoms with Crippen molar-refractivity contribution in [3.05, 3.63) is 95.9 Å². The van der Waals surface area contributed by atoms with Crippen molar-refractivity contribution in [2.45, 2.75) is 6.04 Å². The van der Waals surface area contributed by atoms with Crippen LogP contribution in [0.4, 0.5) is 0 Å². The zero-order valence-electron chi connectivity index (χ0n) is 16.5. The fourth-order valence-corrected chi connectivity index (χ4v) is 3.63. The van der Waals surface area contributed by atoms with E-state index in [2.05, 4.69) is 20.4 Å². The minimum absolute atomic E-state index is 0.108. The van der Waals surface area contributed by atoms with Gasteiger partial charge in [0.25, 0.3) is 11.9 Å². The van der Waals surface area contributed by atoms with Gasteiger partial charge in [-0.25, -0.2) is 9.67 Å². The van der Waals surface area contributed by atoms with Crippen molar-refractivity contribution in [2.24, 2.45) is 0 Å². The molecule has 4 rings (SSSR count). The maximum atomic E-state index is 12.9. The molecule has 0 spiro atoms. The quantitative estimate of drug-likeness (QED) is 0.324. The smallest absolute Gasteiger partial charge is 0.356 e. The Morgan fingerprint density at radius 1 is 1.00 bits per heavy atom. The van der Waals surface area contributed by atoms with Crippen molar-refractivity contribution in [1.82, 2.24) is 25.1 Å². The molecule has 0 saturated carbocycles. The second-order valence-corrected chi connectivity index (χ2v) is 8.42. The Morgan fingerprint density at radius 2 is 1.69 bits per heavy atom. The van der Waals surface area contributed by atoms with Crippen LogP contribution in [-0.4, -0.2) is 40.5 Å². The number of hydrogen-bond donors (Lipinski definition) is 4. The van der Waals surface area contributed by atoms with Gasteiger partial charge in [0.2, 0.25) is 5.88 Å². The number of rotatable bonds is 6. The zero-order valence-corrected chi connectivity index (χ0v) is 17.4. The molecule has 1 atom stereocenters. The van der Waals surface area contributed by atoms with E-state index in [1.54, 1.807) is 36.5 Å². The van der Waals surface area contributed by atoms with Crippen molar-refractivity contribution in [2.75, 3.05) is 0 Å². The van der Waals surface area contributed by atoms with Gasteiger partial charge in [-0.1, -0.05) is 42.5 Å². The molecule has 0 aliphatic carbocycles. The van der Waals surface area contributed by atoms with Crippen LogP contribution in [0.25, 0.3) is 5.95 Å². The highest BCUT2D eigenvalue weighted by Crippen LogP contribution is 2.33. The van der Waals surface area contributed by atoms with E-state index in [1.807, 2.05) is 6.07 Å². The Balaban J connectivity index is 1.64. The summed E-state index contributed by atoms with van der Waals surface area (Å²) in [4.78, 5) is 39.6. The third kappa shape index (κ3) is 4.57. The van der Waals surface area contributed by atoms with Gasteiger partial charge >= 0.3 is 7.60 Å². The normalized spacial score (nSPS) is 12.3. The fraction of sp³-hybridized carbons (Fsp3) is 0.0476. The number of nitrogens with one attached hydrogen (secondary N) is 1. The minimum Gasteiger partial charge on any atom is -0.493 e. The monoisotopic (exact) mass is 451 g/mol. The molecule has 0 saturated heterocycles. The summed E-state index contributed by atoms with van der Waals surface area (Å²) in [5.74, 6) is -1.02. The SMILES string of the molecule is O=C(NC(c1ccccc1)c1ccc(P(=O)(O)O)cc1)c1cnc(-n2cccn2)nc1O. The van der Waals surface area contributed by atoms with Gasteiger partial charge in [0, 0.05) is 18.6 Å². The van der Waals surface area contributed by atoms with Crippen LogP contribution in [0.2, 0.25) is 0 Å². The lowest BCUT2D eigenvalue weighted by molar-refractivity contribution is 0.0939. The summed E-state index contributed by atoms with van der Waals surface area (Å²) >= 11 is 0. The first kappa shape index (κ1) is 21.4. The van der Waals surface area contributed by atoms with Crippen LogP contribution in [0.3, 0.4) is 0 Å². The van der Waals surface area contributed by atoms with E-state index in [0.717, 1.165) is 5.56 Å². The second kappa shape index (κ2) is 8.72. The summed E-state index contributed by atoms with van der Waals surface area (Å²) in [5.41, 5.74) is 1.20. The maximum Gasteiger partial charge on any atom is 0.356 e. The van der Waals surface area contributed by atoms with E-state index in [0.29, 0.717) is 5.56 Å². The molecule has 2 aromatic carbocycles. The molecule has 1 unspecified atom stereocenters. The molecule has 4 aromatic rings. The van der Waals surface area contributed by atoms with Crippen LogP contribution >= 0.6 is 7.60 Å². The van der Waals surface area contributed by atoms with Crippen molar-refractivity contribution >= 4 is 18.8 Å². The van der Waals surface area contributed by atoms with Gasteiger partial charge in [-0.15, -0.1) is 0 Å². The zero-order chi connectivity index (χ0) is 22.7. The Labute approximate surface area is 182 Å². The maximum absolute atomic E-state index is 12.9. The highest BCUT2D eigenvalue weighted by Gasteiger charge is 2.23. The molecule has 2 heterocycles. The molecule has 2 aromatic heterocycles. The molecule has 4 N–H and O–H groups in total. The molecular formula is C21H18N5O5P. The molecule has 10 nitrogen and oxygen atoms in total. The highest BCUT2D eigenvalue weighted by molar-refractivity contribution is 7.60. The lowest BCUT2D eigenvalue weighted by atomic mass is 9.98. The van der Waals surface area contributed by atoms with Crippen molar-refractivity contribution in [3.8, 4) is 11.8 Å². The summed E-state index contributed by atoms with van der Waals surface area (Å²) in [6.07, 6.45) is 4.33. The van der Waals surface area contributed by atoms with Gasteiger partial charge in [0.15, 0.2) is 0 Å². The molecule has 0 fully saturated rings. The average molecular weight is 451 g/mol. The summed E-state index contributed by atoms with van der Waals surface area (Å²) in [6.45, 7) is 0. The predicted octanol–water partition coefficient (Wildman–Crippen LogP) is 1.69. The average Bonchev–Trinajstić information content (AvgIpc) is 3.32. The first-order valence-corrected chi connectivity index (χ1v) is 11.0. The first-order valence-electron chi connectivity index (χ1n) is 9.41. The van der Waals surface area contributed by atoms with E-state index >= 15 is 0 Å². The van der Waals surface area contributed by atoms with Crippen molar-refractivity contribution < 1.29 is 24.3 Å². The number of hydrogen-bond acceptors (Lipinski definition) is 6. The lowest BCUT2D eigenvalue weighted by Gasteiger charge is -2.20. The van der Waals surface area contributed by atoms with E-state index < -0.39 is 25.4 Å². The fourth-order valence-electron chi connectivity index (χ4n) is 3.10. The lowest BCUT2D eigenvalue weighted by Crippen LogP contribution is -2.30. The van der Waals surface area contributed by atoms with Crippen LogP contribution in [0, 0.1) is 0 Å². The molecule has 32 heavy (non-hydrogen) atoms. The summed E-state index contributed by atoms with van der Waals surface area (Å²) < 4.78 is 12.8. The molecule has 0 bridgehead atoms. The van der Waals surface area contributed by atoms with Gasteiger partial charge in [0.05, 0.1) is 11.3 Å². The van der Waals surface area contributed by atoms with Gasteiger partial charge in [0.1, 0.15) is 5.56 Å². The van der Waals surface area contributed by atoms with E-state index in [9.17, 15) is 24.3 Å². The largest absolute Gasteiger partial charge is 0.493 e. The molecule has 0 aliphatic heterocycles. The molecule has 162 valence electrons. The number of aromatic hydroxyl groups is 1. The first-order chi connectivity index (χ1) is 15.3. The Hall–Kier alpha value is -3.85. The number of benzene rings is 2. The van der Waals surface area contributed by atoms with Crippen LogP contribution in [0.5, 0.6) is 5.88 Å². The Morgan fingerprint density at radius 3 is 2.28 bits per heavy atom. The van der Waals surface area contributed by atoms with Crippen molar-refractivity contribution in [3.63, 3.8) is 0 Å². The number of carbonyl (C=O) groups is 1. The molecule has 0 radical (unpaired) electrons. The van der Waals surface area contributed by atoms with E-state index in [4.69, 9.17) is 0 Å². The minimum atomic E-state index is -4.39. The van der Waals surface area contributed by atoms with Gasteiger partial charge in [-0.3, -0.25) is 9.36 Å². The standard InChI is InChI=1S/C21H18N5O5P/c27-19(17-13-22-21(25-20(17)28)26-12-4-11-23-26)24-18(14-5-2-1-3-6-14)15-7-9-16(10-8-15)32(29,30)31/h1-13,18H,(H,24,27)(H,22,25,28)(H2,29,30,31). The topological polar surface area (TPSA) is 150 Å². The van der Waals surface area contributed by atoms with Crippen molar-refractivity contribution in [1.29, 1.82) is 0 Å². The number of aromatic nitrogens is 4. The molecular weight excluding hydrogens is 433 g/mol. The summed E-state index contributed by atoms with van der Waals surface area (Å²) in [7, 11) is -4.39. The Kier molecular flexibility index (Phi) is 5.83. The van der Waals surface area contributed by atoms with E-state index in [1.165, 1.54) is 41.3 Å². The summed E-state index contributed by atoms with van der Waals surface area (Å²) in [5, 5.41) is 17.0. The number of nitrogens with zero attached hydrogens (tertiary/aromatic N) is 4. The van der Waals surface area contributed by atoms with Gasteiger partial charge in [-0.05, 0) is 29.3 Å². The van der Waals surface area contributed by atoms with Gasteiger partial charge in [-0.2, -0.15) is 10.1 Å².